The van der Waals surface area contributed by atoms with Crippen LogP contribution in [0.3, 0.4) is 0 Å². The third-order valence-corrected chi connectivity index (χ3v) is 7.00. The van der Waals surface area contributed by atoms with Crippen LogP contribution in [-0.4, -0.2) is 48.1 Å². The number of phenolic OH excluding ortho intramolecular Hbond substituents is 1. The van der Waals surface area contributed by atoms with E-state index in [-0.39, 0.29) is 24.1 Å². The Hall–Kier alpha value is -2.48. The highest BCUT2D eigenvalue weighted by atomic mass is 35.5. The van der Waals surface area contributed by atoms with Crippen molar-refractivity contribution in [2.24, 2.45) is 11.8 Å². The second-order valence-electron chi connectivity index (χ2n) is 8.88. The molecule has 2 aromatic rings. The first-order valence-corrected chi connectivity index (χ1v) is 12.0. The number of benzene rings is 2. The average Bonchev–Trinajstić information content (AvgIpc) is 2.85. The van der Waals surface area contributed by atoms with Gasteiger partial charge in [0, 0.05) is 23.8 Å². The summed E-state index contributed by atoms with van der Waals surface area (Å²) in [4.78, 5) is 28.1. The molecule has 0 bridgehead atoms. The third-order valence-electron chi connectivity index (χ3n) is 6.75. The lowest BCUT2D eigenvalue weighted by molar-refractivity contribution is -0.135. The highest BCUT2D eigenvalue weighted by molar-refractivity contribution is 6.30. The Balaban J connectivity index is 0.00000324. The van der Waals surface area contributed by atoms with Crippen molar-refractivity contribution in [3.63, 3.8) is 0 Å². The molecule has 2 aliphatic rings. The van der Waals surface area contributed by atoms with Crippen LogP contribution in [-0.2, 0) is 4.79 Å². The largest absolute Gasteiger partial charge is 0.508 e. The lowest BCUT2D eigenvalue weighted by Gasteiger charge is -2.39. The minimum Gasteiger partial charge on any atom is -0.508 e. The molecule has 0 saturated carbocycles. The maximum atomic E-state index is 13.5. The van der Waals surface area contributed by atoms with Crippen LogP contribution >= 0.6 is 24.0 Å². The Morgan fingerprint density at radius 2 is 1.53 bits per heavy atom. The van der Waals surface area contributed by atoms with E-state index in [1.807, 2.05) is 4.90 Å². The van der Waals surface area contributed by atoms with Crippen LogP contribution in [0.25, 0.3) is 0 Å². The molecule has 7 nitrogen and oxygen atoms in total. The number of urea groups is 1. The molecule has 3 amide bonds. The molecule has 1 atom stereocenters. The van der Waals surface area contributed by atoms with Crippen molar-refractivity contribution < 1.29 is 14.7 Å². The minimum absolute atomic E-state index is 0. The Morgan fingerprint density at radius 1 is 0.941 bits per heavy atom. The number of phenols is 1. The van der Waals surface area contributed by atoms with Crippen molar-refractivity contribution in [3.05, 3.63) is 59.1 Å². The standard InChI is InChI=1S/C25H31ClN4O3.ClH/c26-20-3-5-21(6-4-20)28-25(33)29-23(19-1-7-22(31)8-2-19)24(32)30-15-11-18(12-16-30)17-9-13-27-14-10-17;/h1-8,17-18,23,27,31H,9-16H2,(H2,28,29,33);1H/t23-;/m1./s1. The van der Waals surface area contributed by atoms with Crippen LogP contribution in [0.4, 0.5) is 10.5 Å². The zero-order chi connectivity index (χ0) is 23.2. The molecule has 0 unspecified atom stereocenters. The third kappa shape index (κ3) is 6.78. The van der Waals surface area contributed by atoms with E-state index in [4.69, 9.17) is 11.6 Å². The van der Waals surface area contributed by atoms with Crippen LogP contribution in [0, 0.1) is 11.8 Å². The number of aromatic hydroxyl groups is 1. The zero-order valence-electron chi connectivity index (χ0n) is 19.0. The number of hydrogen-bond donors (Lipinski definition) is 4. The van der Waals surface area contributed by atoms with E-state index in [9.17, 15) is 14.7 Å². The summed E-state index contributed by atoms with van der Waals surface area (Å²) in [5.74, 6) is 1.37. The molecule has 2 heterocycles. The van der Waals surface area contributed by atoms with Crippen molar-refractivity contribution >= 4 is 41.6 Å². The van der Waals surface area contributed by atoms with Gasteiger partial charge in [-0.25, -0.2) is 4.79 Å². The molecular formula is C25H32Cl2N4O3. The van der Waals surface area contributed by atoms with Gasteiger partial charge in [0.25, 0.3) is 0 Å². The first-order valence-electron chi connectivity index (χ1n) is 11.6. The predicted molar refractivity (Wildman–Crippen MR) is 137 cm³/mol. The van der Waals surface area contributed by atoms with E-state index in [0.717, 1.165) is 31.8 Å². The number of rotatable bonds is 5. The molecule has 0 aliphatic carbocycles. The number of halogens is 2. The number of piperidine rings is 2. The summed E-state index contributed by atoms with van der Waals surface area (Å²) in [5, 5.41) is 19.2. The van der Waals surface area contributed by atoms with Crippen LogP contribution in [0.2, 0.25) is 5.02 Å². The summed E-state index contributed by atoms with van der Waals surface area (Å²) in [6.07, 6.45) is 4.41. The van der Waals surface area contributed by atoms with Gasteiger partial charge in [-0.15, -0.1) is 12.4 Å². The summed E-state index contributed by atoms with van der Waals surface area (Å²) in [6.45, 7) is 3.56. The molecule has 2 aromatic carbocycles. The van der Waals surface area contributed by atoms with Crippen molar-refractivity contribution in [2.75, 3.05) is 31.5 Å². The van der Waals surface area contributed by atoms with E-state index in [1.54, 1.807) is 36.4 Å². The number of anilines is 1. The number of likely N-dealkylation sites (tertiary alicyclic amines) is 1. The Bertz CT molecular complexity index is 942. The van der Waals surface area contributed by atoms with E-state index < -0.39 is 12.1 Å². The van der Waals surface area contributed by atoms with Gasteiger partial charge in [-0.3, -0.25) is 4.79 Å². The maximum absolute atomic E-state index is 13.5. The van der Waals surface area contributed by atoms with Crippen LogP contribution in [0.1, 0.15) is 37.3 Å². The van der Waals surface area contributed by atoms with Gasteiger partial charge in [-0.05, 0) is 92.6 Å². The van der Waals surface area contributed by atoms with E-state index in [1.165, 1.54) is 25.0 Å². The molecule has 2 fully saturated rings. The highest BCUT2D eigenvalue weighted by Gasteiger charge is 2.33. The minimum atomic E-state index is -0.840. The first kappa shape index (κ1) is 26.1. The number of nitrogens with zero attached hydrogens (tertiary/aromatic N) is 1. The Kier molecular flexibility index (Phi) is 9.45. The Morgan fingerprint density at radius 3 is 2.15 bits per heavy atom. The van der Waals surface area contributed by atoms with Gasteiger partial charge in [0.15, 0.2) is 0 Å². The summed E-state index contributed by atoms with van der Waals surface area (Å²) < 4.78 is 0. The lowest BCUT2D eigenvalue weighted by Crippen LogP contribution is -2.48. The quantitative estimate of drug-likeness (QED) is 0.477. The fraction of sp³-hybridized carbons (Fsp3) is 0.440. The smallest absolute Gasteiger partial charge is 0.320 e. The molecule has 9 heteroatoms. The molecule has 0 spiro atoms. The summed E-state index contributed by atoms with van der Waals surface area (Å²) in [7, 11) is 0. The van der Waals surface area contributed by atoms with Gasteiger partial charge in [-0.1, -0.05) is 23.7 Å². The lowest BCUT2D eigenvalue weighted by atomic mass is 9.79. The van der Waals surface area contributed by atoms with E-state index in [2.05, 4.69) is 16.0 Å². The van der Waals surface area contributed by atoms with E-state index in [0.29, 0.717) is 35.3 Å². The van der Waals surface area contributed by atoms with Gasteiger partial charge in [-0.2, -0.15) is 0 Å². The fourth-order valence-electron chi connectivity index (χ4n) is 4.88. The first-order chi connectivity index (χ1) is 16.0. The summed E-state index contributed by atoms with van der Waals surface area (Å²) >= 11 is 5.91. The van der Waals surface area contributed by atoms with Crippen LogP contribution < -0.4 is 16.0 Å². The van der Waals surface area contributed by atoms with Crippen molar-refractivity contribution in [3.8, 4) is 5.75 Å². The molecule has 4 N–H and O–H groups in total. The van der Waals surface area contributed by atoms with Gasteiger partial charge >= 0.3 is 6.03 Å². The van der Waals surface area contributed by atoms with Gasteiger partial charge in [0.2, 0.25) is 5.91 Å². The van der Waals surface area contributed by atoms with Gasteiger partial charge in [0.05, 0.1) is 0 Å². The van der Waals surface area contributed by atoms with E-state index >= 15 is 0 Å². The second kappa shape index (κ2) is 12.3. The zero-order valence-corrected chi connectivity index (χ0v) is 20.6. The topological polar surface area (TPSA) is 93.7 Å². The monoisotopic (exact) mass is 506 g/mol. The molecule has 4 rings (SSSR count). The average molecular weight is 507 g/mol. The molecule has 34 heavy (non-hydrogen) atoms. The maximum Gasteiger partial charge on any atom is 0.320 e. The second-order valence-corrected chi connectivity index (χ2v) is 9.32. The van der Waals surface area contributed by atoms with Crippen molar-refractivity contribution in [1.29, 1.82) is 0 Å². The number of carbonyl (C=O) groups is 2. The van der Waals surface area contributed by atoms with Crippen molar-refractivity contribution in [1.82, 2.24) is 15.5 Å². The van der Waals surface area contributed by atoms with Gasteiger partial charge < -0.3 is 26.0 Å². The fourth-order valence-corrected chi connectivity index (χ4v) is 5.00. The molecule has 0 aromatic heterocycles. The Labute approximate surface area is 211 Å². The molecule has 0 radical (unpaired) electrons. The number of amides is 3. The van der Waals surface area contributed by atoms with Gasteiger partial charge in [0.1, 0.15) is 11.8 Å². The highest BCUT2D eigenvalue weighted by Crippen LogP contribution is 2.32. The summed E-state index contributed by atoms with van der Waals surface area (Å²) in [5.41, 5.74) is 1.21. The molecule has 184 valence electrons. The molecule has 2 saturated heterocycles. The number of hydrogen-bond acceptors (Lipinski definition) is 4. The summed E-state index contributed by atoms with van der Waals surface area (Å²) in [6, 6.07) is 11.8. The number of nitrogens with one attached hydrogen (secondary N) is 3. The number of carbonyl (C=O) groups excluding carboxylic acids is 2. The predicted octanol–water partition coefficient (Wildman–Crippen LogP) is 4.57. The van der Waals surface area contributed by atoms with Crippen LogP contribution in [0.5, 0.6) is 5.75 Å². The normalized spacial score (nSPS) is 18.0. The SMILES string of the molecule is Cl.O=C(Nc1ccc(Cl)cc1)N[C@@H](C(=O)N1CCC(C2CCNCC2)CC1)c1ccc(O)cc1. The van der Waals surface area contributed by atoms with Crippen molar-refractivity contribution in [2.45, 2.75) is 31.7 Å². The van der Waals surface area contributed by atoms with Crippen LogP contribution in [0.15, 0.2) is 48.5 Å². The molecular weight excluding hydrogens is 475 g/mol. The molecule has 2 aliphatic heterocycles.